The Morgan fingerprint density at radius 3 is 2.57 bits per heavy atom. The molecule has 0 amide bonds. The largest absolute Gasteiger partial charge is 0.273 e. The number of nitrogens with zero attached hydrogens (tertiary/aromatic N) is 4. The molecule has 2 aromatic carbocycles. The molecule has 0 saturated heterocycles. The van der Waals surface area contributed by atoms with E-state index in [9.17, 15) is 14.9 Å². The molecule has 3 rings (SSSR count). The van der Waals surface area contributed by atoms with Crippen LogP contribution in [0.3, 0.4) is 0 Å². The van der Waals surface area contributed by atoms with E-state index in [0.717, 1.165) is 5.56 Å². The standard InChI is InChI=1S/C16H12N4O3/c1-11(12-6-8-13(9-7-12)20(22)23)10-16(21)19-15-5-3-2-4-14(15)17-18-19/h2-10H,1H3/b11-10+. The summed E-state index contributed by atoms with van der Waals surface area (Å²) in [6, 6.07) is 13.2. The quantitative estimate of drug-likeness (QED) is 0.421. The van der Waals surface area contributed by atoms with E-state index in [1.807, 2.05) is 12.1 Å². The van der Waals surface area contributed by atoms with Gasteiger partial charge in [0.05, 0.1) is 10.4 Å². The van der Waals surface area contributed by atoms with Crippen LogP contribution in [0, 0.1) is 10.1 Å². The molecular weight excluding hydrogens is 296 g/mol. The van der Waals surface area contributed by atoms with Crippen molar-refractivity contribution < 1.29 is 9.72 Å². The Morgan fingerprint density at radius 1 is 1.17 bits per heavy atom. The van der Waals surface area contributed by atoms with Crippen molar-refractivity contribution in [3.63, 3.8) is 0 Å². The Balaban J connectivity index is 1.90. The van der Waals surface area contributed by atoms with Gasteiger partial charge in [-0.15, -0.1) is 5.10 Å². The van der Waals surface area contributed by atoms with E-state index in [0.29, 0.717) is 16.6 Å². The molecule has 0 aliphatic rings. The first-order valence-electron chi connectivity index (χ1n) is 6.84. The maximum atomic E-state index is 12.4. The molecule has 114 valence electrons. The first-order valence-corrected chi connectivity index (χ1v) is 6.84. The van der Waals surface area contributed by atoms with Gasteiger partial charge in [0.15, 0.2) is 0 Å². The van der Waals surface area contributed by atoms with E-state index in [1.165, 1.54) is 22.9 Å². The summed E-state index contributed by atoms with van der Waals surface area (Å²) in [4.78, 5) is 22.5. The summed E-state index contributed by atoms with van der Waals surface area (Å²) >= 11 is 0. The van der Waals surface area contributed by atoms with Gasteiger partial charge in [0.2, 0.25) is 0 Å². The fourth-order valence-electron chi connectivity index (χ4n) is 2.21. The van der Waals surface area contributed by atoms with Gasteiger partial charge in [-0.1, -0.05) is 17.3 Å². The number of nitro groups is 1. The lowest BCUT2D eigenvalue weighted by molar-refractivity contribution is -0.384. The second-order valence-electron chi connectivity index (χ2n) is 4.96. The number of aromatic nitrogens is 3. The zero-order chi connectivity index (χ0) is 16.4. The van der Waals surface area contributed by atoms with Crippen molar-refractivity contribution in [2.75, 3.05) is 0 Å². The van der Waals surface area contributed by atoms with Gasteiger partial charge in [0.1, 0.15) is 5.52 Å². The molecule has 1 heterocycles. The monoisotopic (exact) mass is 308 g/mol. The van der Waals surface area contributed by atoms with Crippen molar-refractivity contribution >= 4 is 28.2 Å². The highest BCUT2D eigenvalue weighted by Gasteiger charge is 2.11. The van der Waals surface area contributed by atoms with Crippen LogP contribution in [-0.4, -0.2) is 25.8 Å². The lowest BCUT2D eigenvalue weighted by Gasteiger charge is -2.02. The molecule has 0 atom stereocenters. The number of fused-ring (bicyclic) bond motifs is 1. The lowest BCUT2D eigenvalue weighted by Crippen LogP contribution is -2.09. The van der Waals surface area contributed by atoms with Crippen molar-refractivity contribution in [1.82, 2.24) is 15.0 Å². The zero-order valence-corrected chi connectivity index (χ0v) is 12.2. The fraction of sp³-hybridized carbons (Fsp3) is 0.0625. The third-order valence-electron chi connectivity index (χ3n) is 3.43. The first-order chi connectivity index (χ1) is 11.1. The first kappa shape index (κ1) is 14.6. The number of carbonyl (C=O) groups excluding carboxylic acids is 1. The number of non-ortho nitro benzene ring substituents is 1. The summed E-state index contributed by atoms with van der Waals surface area (Å²) in [6.45, 7) is 1.76. The van der Waals surface area contributed by atoms with Crippen LogP contribution in [0.15, 0.2) is 54.6 Å². The molecule has 7 nitrogen and oxygen atoms in total. The Hall–Kier alpha value is -3.35. The molecule has 7 heteroatoms. The van der Waals surface area contributed by atoms with Gasteiger partial charge in [-0.05, 0) is 42.3 Å². The highest BCUT2D eigenvalue weighted by atomic mass is 16.6. The molecule has 0 saturated carbocycles. The van der Waals surface area contributed by atoms with Crippen molar-refractivity contribution in [2.24, 2.45) is 0 Å². The van der Waals surface area contributed by atoms with Gasteiger partial charge < -0.3 is 0 Å². The molecule has 0 bridgehead atoms. The number of benzene rings is 2. The summed E-state index contributed by atoms with van der Waals surface area (Å²) in [5, 5.41) is 18.5. The minimum Gasteiger partial charge on any atom is -0.267 e. The fourth-order valence-corrected chi connectivity index (χ4v) is 2.21. The van der Waals surface area contributed by atoms with Crippen molar-refractivity contribution in [3.05, 3.63) is 70.3 Å². The minimum atomic E-state index is -0.463. The normalized spacial score (nSPS) is 11.6. The van der Waals surface area contributed by atoms with Gasteiger partial charge in [0, 0.05) is 18.2 Å². The second-order valence-corrected chi connectivity index (χ2v) is 4.96. The molecule has 1 aromatic heterocycles. The third-order valence-corrected chi connectivity index (χ3v) is 3.43. The highest BCUT2D eigenvalue weighted by molar-refractivity contribution is 6.00. The topological polar surface area (TPSA) is 90.9 Å². The Bertz CT molecular complexity index is 926. The minimum absolute atomic E-state index is 0.00940. The number of allylic oxidation sites excluding steroid dienone is 2. The van der Waals surface area contributed by atoms with Crippen LogP contribution in [0.4, 0.5) is 5.69 Å². The van der Waals surface area contributed by atoms with Gasteiger partial charge >= 0.3 is 0 Å². The van der Waals surface area contributed by atoms with Crippen LogP contribution in [0.25, 0.3) is 16.6 Å². The van der Waals surface area contributed by atoms with E-state index in [2.05, 4.69) is 10.3 Å². The predicted octanol–water partition coefficient (Wildman–Crippen LogP) is 3.08. The number of para-hydroxylation sites is 1. The number of carbonyl (C=O) groups is 1. The van der Waals surface area contributed by atoms with E-state index < -0.39 is 4.92 Å². The molecule has 23 heavy (non-hydrogen) atoms. The van der Waals surface area contributed by atoms with Crippen LogP contribution in [0.5, 0.6) is 0 Å². The van der Waals surface area contributed by atoms with Crippen LogP contribution in [0.1, 0.15) is 17.3 Å². The average Bonchev–Trinajstić information content (AvgIpc) is 2.99. The maximum absolute atomic E-state index is 12.4. The van der Waals surface area contributed by atoms with Crippen molar-refractivity contribution in [1.29, 1.82) is 0 Å². The van der Waals surface area contributed by atoms with E-state index in [1.54, 1.807) is 31.2 Å². The Kier molecular flexibility index (Phi) is 3.68. The maximum Gasteiger partial charge on any atom is 0.273 e. The van der Waals surface area contributed by atoms with E-state index in [4.69, 9.17) is 0 Å². The number of nitro benzene ring substituents is 1. The Labute approximate surface area is 131 Å². The van der Waals surface area contributed by atoms with Gasteiger partial charge in [0.25, 0.3) is 11.6 Å². The highest BCUT2D eigenvalue weighted by Crippen LogP contribution is 2.19. The molecule has 0 fully saturated rings. The second kappa shape index (κ2) is 5.80. The summed E-state index contributed by atoms with van der Waals surface area (Å²) in [5.74, 6) is -0.324. The zero-order valence-electron chi connectivity index (χ0n) is 12.2. The molecule has 0 aliphatic carbocycles. The van der Waals surface area contributed by atoms with Gasteiger partial charge in [-0.2, -0.15) is 4.68 Å². The van der Waals surface area contributed by atoms with Crippen molar-refractivity contribution in [3.8, 4) is 0 Å². The summed E-state index contributed by atoms with van der Waals surface area (Å²) in [6.07, 6.45) is 1.43. The molecule has 3 aromatic rings. The van der Waals surface area contributed by atoms with Gasteiger partial charge in [-0.3, -0.25) is 14.9 Å². The summed E-state index contributed by atoms with van der Waals surface area (Å²) in [7, 11) is 0. The van der Waals surface area contributed by atoms with Crippen LogP contribution in [0.2, 0.25) is 0 Å². The predicted molar refractivity (Wildman–Crippen MR) is 84.9 cm³/mol. The molecule has 0 unspecified atom stereocenters. The third kappa shape index (κ3) is 2.84. The molecular formula is C16H12N4O3. The summed E-state index contributed by atoms with van der Waals surface area (Å²) in [5.41, 5.74) is 2.69. The van der Waals surface area contributed by atoms with Crippen LogP contribution < -0.4 is 0 Å². The molecule has 0 aliphatic heterocycles. The van der Waals surface area contributed by atoms with Gasteiger partial charge in [-0.25, -0.2) is 0 Å². The van der Waals surface area contributed by atoms with E-state index >= 15 is 0 Å². The molecule has 0 N–H and O–H groups in total. The lowest BCUT2D eigenvalue weighted by atomic mass is 10.1. The summed E-state index contributed by atoms with van der Waals surface area (Å²) < 4.78 is 1.23. The SMILES string of the molecule is C/C(=C\C(=O)n1nnc2ccccc21)c1ccc([N+](=O)[O-])cc1. The van der Waals surface area contributed by atoms with Crippen LogP contribution >= 0.6 is 0 Å². The Morgan fingerprint density at radius 2 is 1.87 bits per heavy atom. The smallest absolute Gasteiger partial charge is 0.267 e. The van der Waals surface area contributed by atoms with E-state index in [-0.39, 0.29) is 11.6 Å². The van der Waals surface area contributed by atoms with Crippen molar-refractivity contribution in [2.45, 2.75) is 6.92 Å². The van der Waals surface area contributed by atoms with Crippen LogP contribution in [-0.2, 0) is 0 Å². The number of rotatable bonds is 3. The number of hydrogen-bond donors (Lipinski definition) is 0. The average molecular weight is 308 g/mol. The molecule has 0 spiro atoms. The number of hydrogen-bond acceptors (Lipinski definition) is 5. The molecule has 0 radical (unpaired) electrons.